The van der Waals surface area contributed by atoms with Gasteiger partial charge in [-0.05, 0) is 47.1 Å². The van der Waals surface area contributed by atoms with Gasteiger partial charge in [0.25, 0.3) is 0 Å². The number of aryl methyl sites for hydroxylation is 2. The molecule has 114 valence electrons. The first-order chi connectivity index (χ1) is 9.49. The molecule has 1 aromatic heterocycles. The zero-order chi connectivity index (χ0) is 14.7. The summed E-state index contributed by atoms with van der Waals surface area (Å²) in [5.41, 5.74) is 3.53. The number of nitrogens with zero attached hydrogens (tertiary/aromatic N) is 2. The lowest BCUT2D eigenvalue weighted by Gasteiger charge is -2.27. The van der Waals surface area contributed by atoms with Crippen molar-refractivity contribution in [2.45, 2.75) is 58.8 Å². The van der Waals surface area contributed by atoms with Gasteiger partial charge in [-0.2, -0.15) is 5.10 Å². The summed E-state index contributed by atoms with van der Waals surface area (Å²) in [5.74, 6) is 0. The Kier molecular flexibility index (Phi) is 5.18. The number of aliphatic hydroxyl groups is 1. The summed E-state index contributed by atoms with van der Waals surface area (Å²) < 4.78 is 5.49. The van der Waals surface area contributed by atoms with Crippen LogP contribution in [0.1, 0.15) is 49.7 Å². The third kappa shape index (κ3) is 3.59. The smallest absolute Gasteiger partial charge is 0.0900 e. The number of rotatable bonds is 6. The number of likely N-dealkylation sites (tertiary alicyclic amines) is 1. The average molecular weight is 281 g/mol. The monoisotopic (exact) mass is 281 g/mol. The standard InChI is InChI=1S/C15H27N3O2/c1-10(2)20-9-13(19)8-18-7-5-6-14(18)15-11(3)16-17-12(15)4/h10,13-14,19H,5-9H2,1-4H3,(H,16,17). The van der Waals surface area contributed by atoms with Gasteiger partial charge in [0.2, 0.25) is 0 Å². The predicted octanol–water partition coefficient (Wildman–Crippen LogP) is 1.95. The lowest BCUT2D eigenvalue weighted by Crippen LogP contribution is -2.35. The summed E-state index contributed by atoms with van der Waals surface area (Å²) in [6.45, 7) is 10.2. The molecular formula is C15H27N3O2. The highest BCUT2D eigenvalue weighted by Gasteiger charge is 2.30. The van der Waals surface area contributed by atoms with Crippen LogP contribution in [0.5, 0.6) is 0 Å². The van der Waals surface area contributed by atoms with Crippen LogP contribution in [0.2, 0.25) is 0 Å². The van der Waals surface area contributed by atoms with E-state index in [0.717, 1.165) is 24.4 Å². The van der Waals surface area contributed by atoms with E-state index >= 15 is 0 Å². The fourth-order valence-corrected chi connectivity index (χ4v) is 3.05. The largest absolute Gasteiger partial charge is 0.389 e. The molecule has 2 N–H and O–H groups in total. The first-order valence-electron chi connectivity index (χ1n) is 7.54. The van der Waals surface area contributed by atoms with Gasteiger partial charge < -0.3 is 9.84 Å². The van der Waals surface area contributed by atoms with Crippen molar-refractivity contribution in [1.82, 2.24) is 15.1 Å². The Balaban J connectivity index is 1.97. The number of β-amino-alcohol motifs (C(OH)–C–C–N with tert-alkyl or cyclic N) is 1. The molecule has 1 fully saturated rings. The minimum atomic E-state index is -0.425. The topological polar surface area (TPSA) is 61.4 Å². The number of aromatic amines is 1. The van der Waals surface area contributed by atoms with Crippen molar-refractivity contribution >= 4 is 0 Å². The normalized spacial score (nSPS) is 21.8. The van der Waals surface area contributed by atoms with Crippen molar-refractivity contribution in [1.29, 1.82) is 0 Å². The quantitative estimate of drug-likeness (QED) is 0.836. The molecule has 0 aromatic carbocycles. The van der Waals surface area contributed by atoms with Crippen molar-refractivity contribution in [3.05, 3.63) is 17.0 Å². The molecule has 2 rings (SSSR count). The first kappa shape index (κ1) is 15.5. The van der Waals surface area contributed by atoms with Gasteiger partial charge in [-0.15, -0.1) is 0 Å². The minimum Gasteiger partial charge on any atom is -0.389 e. The van der Waals surface area contributed by atoms with E-state index in [1.807, 2.05) is 20.8 Å². The maximum absolute atomic E-state index is 10.1. The highest BCUT2D eigenvalue weighted by Crippen LogP contribution is 2.34. The highest BCUT2D eigenvalue weighted by molar-refractivity contribution is 5.28. The number of H-pyrrole nitrogens is 1. The van der Waals surface area contributed by atoms with Crippen molar-refractivity contribution in [2.24, 2.45) is 0 Å². The molecule has 2 atom stereocenters. The van der Waals surface area contributed by atoms with E-state index in [-0.39, 0.29) is 6.10 Å². The number of aliphatic hydroxyl groups excluding tert-OH is 1. The molecule has 0 amide bonds. The number of nitrogens with one attached hydrogen (secondary N) is 1. The summed E-state index contributed by atoms with van der Waals surface area (Å²) >= 11 is 0. The van der Waals surface area contributed by atoms with Gasteiger partial charge in [0.1, 0.15) is 0 Å². The molecule has 2 heterocycles. The van der Waals surface area contributed by atoms with Crippen LogP contribution in [0.4, 0.5) is 0 Å². The van der Waals surface area contributed by atoms with Gasteiger partial charge in [-0.25, -0.2) is 0 Å². The lowest BCUT2D eigenvalue weighted by molar-refractivity contribution is -0.0102. The van der Waals surface area contributed by atoms with Crippen molar-refractivity contribution < 1.29 is 9.84 Å². The van der Waals surface area contributed by atoms with E-state index in [1.54, 1.807) is 0 Å². The second kappa shape index (κ2) is 6.70. The highest BCUT2D eigenvalue weighted by atomic mass is 16.5. The summed E-state index contributed by atoms with van der Waals surface area (Å²) in [6.07, 6.45) is 2.05. The second-order valence-corrected chi connectivity index (χ2v) is 6.04. The Morgan fingerprint density at radius 1 is 1.45 bits per heavy atom. The lowest BCUT2D eigenvalue weighted by atomic mass is 10.0. The van der Waals surface area contributed by atoms with Gasteiger partial charge in [-0.3, -0.25) is 10.00 Å². The van der Waals surface area contributed by atoms with Crippen LogP contribution in [0, 0.1) is 13.8 Å². The first-order valence-corrected chi connectivity index (χ1v) is 7.54. The summed E-state index contributed by atoms with van der Waals surface area (Å²) in [6, 6.07) is 0.377. The van der Waals surface area contributed by atoms with Gasteiger partial charge in [0, 0.05) is 23.8 Å². The van der Waals surface area contributed by atoms with Gasteiger partial charge >= 0.3 is 0 Å². The van der Waals surface area contributed by atoms with Crippen LogP contribution in [0.25, 0.3) is 0 Å². The third-order valence-corrected chi connectivity index (χ3v) is 3.95. The van der Waals surface area contributed by atoms with Gasteiger partial charge in [0.15, 0.2) is 0 Å². The van der Waals surface area contributed by atoms with Crippen molar-refractivity contribution in [3.8, 4) is 0 Å². The van der Waals surface area contributed by atoms with E-state index in [4.69, 9.17) is 4.74 Å². The fourth-order valence-electron chi connectivity index (χ4n) is 3.05. The average Bonchev–Trinajstić information content (AvgIpc) is 2.94. The van der Waals surface area contributed by atoms with Gasteiger partial charge in [0.05, 0.1) is 24.5 Å². The number of hydrogen-bond donors (Lipinski definition) is 2. The zero-order valence-electron chi connectivity index (χ0n) is 13.0. The van der Waals surface area contributed by atoms with Crippen LogP contribution in [-0.4, -0.2) is 52.1 Å². The Morgan fingerprint density at radius 3 is 2.80 bits per heavy atom. The SMILES string of the molecule is Cc1n[nH]c(C)c1C1CCCN1CC(O)COC(C)C. The van der Waals surface area contributed by atoms with Crippen LogP contribution in [0.15, 0.2) is 0 Å². The molecule has 1 saturated heterocycles. The Labute approximate surface area is 121 Å². The van der Waals surface area contributed by atoms with Crippen molar-refractivity contribution in [2.75, 3.05) is 19.7 Å². The van der Waals surface area contributed by atoms with Gasteiger partial charge in [-0.1, -0.05) is 0 Å². The van der Waals surface area contributed by atoms with Crippen LogP contribution < -0.4 is 0 Å². The van der Waals surface area contributed by atoms with E-state index in [1.165, 1.54) is 12.0 Å². The Hall–Kier alpha value is -0.910. The molecule has 5 heteroatoms. The molecule has 0 aliphatic carbocycles. The summed E-state index contributed by atoms with van der Waals surface area (Å²) in [4.78, 5) is 2.36. The van der Waals surface area contributed by atoms with E-state index in [2.05, 4.69) is 22.0 Å². The Bertz CT molecular complexity index is 411. The Morgan fingerprint density at radius 2 is 2.20 bits per heavy atom. The second-order valence-electron chi connectivity index (χ2n) is 6.04. The van der Waals surface area contributed by atoms with E-state index in [0.29, 0.717) is 19.2 Å². The summed E-state index contributed by atoms with van der Waals surface area (Å²) in [5, 5.41) is 17.5. The molecule has 1 aliphatic rings. The molecule has 2 unspecified atom stereocenters. The third-order valence-electron chi connectivity index (χ3n) is 3.95. The molecule has 0 spiro atoms. The molecule has 20 heavy (non-hydrogen) atoms. The van der Waals surface area contributed by atoms with Crippen molar-refractivity contribution in [3.63, 3.8) is 0 Å². The van der Waals surface area contributed by atoms with E-state index in [9.17, 15) is 5.11 Å². The molecule has 0 radical (unpaired) electrons. The molecule has 1 aliphatic heterocycles. The zero-order valence-corrected chi connectivity index (χ0v) is 13.0. The number of aromatic nitrogens is 2. The fraction of sp³-hybridized carbons (Fsp3) is 0.800. The molecular weight excluding hydrogens is 254 g/mol. The molecule has 5 nitrogen and oxygen atoms in total. The van der Waals surface area contributed by atoms with Crippen LogP contribution >= 0.6 is 0 Å². The minimum absolute atomic E-state index is 0.164. The van der Waals surface area contributed by atoms with E-state index < -0.39 is 6.10 Å². The molecule has 1 aromatic rings. The number of ether oxygens (including phenoxy) is 1. The number of hydrogen-bond acceptors (Lipinski definition) is 4. The van der Waals surface area contributed by atoms with Crippen LogP contribution in [0.3, 0.4) is 0 Å². The predicted molar refractivity (Wildman–Crippen MR) is 78.7 cm³/mol. The summed E-state index contributed by atoms with van der Waals surface area (Å²) in [7, 11) is 0. The molecule has 0 bridgehead atoms. The van der Waals surface area contributed by atoms with Crippen LogP contribution in [-0.2, 0) is 4.74 Å². The molecule has 0 saturated carbocycles. The maximum atomic E-state index is 10.1. The maximum Gasteiger partial charge on any atom is 0.0900 e.